The number of anilines is 1. The van der Waals surface area contributed by atoms with Crippen molar-refractivity contribution in [2.24, 2.45) is 7.05 Å². The first-order valence-corrected chi connectivity index (χ1v) is 10.2. The summed E-state index contributed by atoms with van der Waals surface area (Å²) in [6, 6.07) is 5.96. The van der Waals surface area contributed by atoms with Crippen molar-refractivity contribution in [2.45, 2.75) is 27.7 Å². The van der Waals surface area contributed by atoms with Crippen LogP contribution in [0.4, 0.5) is 5.13 Å². The summed E-state index contributed by atoms with van der Waals surface area (Å²) in [5, 5.41) is 5.04. The highest BCUT2D eigenvalue weighted by molar-refractivity contribution is 7.22. The van der Waals surface area contributed by atoms with E-state index >= 15 is 0 Å². The summed E-state index contributed by atoms with van der Waals surface area (Å²) in [5.41, 5.74) is 3.81. The van der Waals surface area contributed by atoms with Crippen molar-refractivity contribution in [1.82, 2.24) is 19.7 Å². The van der Waals surface area contributed by atoms with Crippen LogP contribution in [0.5, 0.6) is 0 Å². The number of nitrogens with zero attached hydrogens (tertiary/aromatic N) is 5. The molecule has 0 saturated carbocycles. The van der Waals surface area contributed by atoms with E-state index < -0.39 is 0 Å². The molecule has 0 N–H and O–H groups in total. The number of aromatic nitrogens is 3. The number of carbonyl (C=O) groups is 1. The number of benzene rings is 1. The van der Waals surface area contributed by atoms with Gasteiger partial charge in [-0.2, -0.15) is 5.10 Å². The van der Waals surface area contributed by atoms with Gasteiger partial charge in [-0.05, 0) is 50.2 Å². The Bertz CT molecular complexity index is 947. The van der Waals surface area contributed by atoms with Crippen LogP contribution in [0.1, 0.15) is 35.5 Å². The summed E-state index contributed by atoms with van der Waals surface area (Å²) in [4.78, 5) is 22.1. The van der Waals surface area contributed by atoms with Gasteiger partial charge < -0.3 is 4.90 Å². The normalized spacial score (nSPS) is 11.1. The maximum Gasteiger partial charge on any atom is 0.280 e. The quantitative estimate of drug-likeness (QED) is 0.577. The lowest BCUT2D eigenvalue weighted by molar-refractivity contribution is 0.0978. The zero-order valence-electron chi connectivity index (χ0n) is 17.1. The fraction of sp³-hybridized carbons (Fsp3) is 0.450. The van der Waals surface area contributed by atoms with E-state index in [0.29, 0.717) is 12.2 Å². The van der Waals surface area contributed by atoms with Gasteiger partial charge in [0.05, 0.1) is 10.2 Å². The topological polar surface area (TPSA) is 54.3 Å². The summed E-state index contributed by atoms with van der Waals surface area (Å²) in [6.45, 7) is 11.8. The van der Waals surface area contributed by atoms with Gasteiger partial charge in [0.1, 0.15) is 0 Å². The standard InChI is InChI=1S/C20H27N5OS.ClH/c1-6-24(7-2)12-13-25(19(26)16-10-11-23(5)22-16)20-21-18-15(4)14(3)8-9-17(18)27-20;/h8-11H,6-7,12-13H2,1-5H3;1H. The number of rotatable bonds is 7. The highest BCUT2D eigenvalue weighted by Gasteiger charge is 2.24. The maximum absolute atomic E-state index is 13.2. The number of hydrogen-bond donors (Lipinski definition) is 0. The van der Waals surface area contributed by atoms with Gasteiger partial charge in [-0.3, -0.25) is 14.4 Å². The second-order valence-corrected chi connectivity index (χ2v) is 7.72. The highest BCUT2D eigenvalue weighted by Crippen LogP contribution is 2.32. The van der Waals surface area contributed by atoms with Gasteiger partial charge in [-0.25, -0.2) is 4.98 Å². The smallest absolute Gasteiger partial charge is 0.280 e. The molecule has 8 heteroatoms. The van der Waals surface area contributed by atoms with E-state index in [9.17, 15) is 4.79 Å². The molecule has 0 bridgehead atoms. The minimum absolute atomic E-state index is 0. The first-order chi connectivity index (χ1) is 12.9. The lowest BCUT2D eigenvalue weighted by Crippen LogP contribution is -2.39. The van der Waals surface area contributed by atoms with E-state index in [2.05, 4.69) is 49.8 Å². The fourth-order valence-electron chi connectivity index (χ4n) is 3.06. The molecule has 0 fully saturated rings. The average molecular weight is 422 g/mol. The molecule has 0 aliphatic heterocycles. The van der Waals surface area contributed by atoms with Crippen molar-refractivity contribution in [3.8, 4) is 0 Å². The second-order valence-electron chi connectivity index (χ2n) is 6.71. The SMILES string of the molecule is CCN(CC)CCN(C(=O)c1ccn(C)n1)c1nc2c(C)c(C)ccc2s1.Cl. The zero-order valence-corrected chi connectivity index (χ0v) is 18.7. The molecule has 6 nitrogen and oxygen atoms in total. The van der Waals surface area contributed by atoms with E-state index in [1.54, 1.807) is 33.2 Å². The number of amides is 1. The minimum Gasteiger partial charge on any atom is -0.302 e. The predicted octanol–water partition coefficient (Wildman–Crippen LogP) is 4.06. The lowest BCUT2D eigenvalue weighted by Gasteiger charge is -2.24. The molecule has 0 aliphatic rings. The Morgan fingerprint density at radius 1 is 1.14 bits per heavy atom. The molecule has 3 aromatic rings. The van der Waals surface area contributed by atoms with Crippen LogP contribution in [0, 0.1) is 13.8 Å². The van der Waals surface area contributed by atoms with Crippen molar-refractivity contribution in [1.29, 1.82) is 0 Å². The molecule has 0 atom stereocenters. The van der Waals surface area contributed by atoms with Crippen molar-refractivity contribution in [2.75, 3.05) is 31.1 Å². The van der Waals surface area contributed by atoms with Crippen LogP contribution in [0.3, 0.4) is 0 Å². The first-order valence-electron chi connectivity index (χ1n) is 9.35. The van der Waals surface area contributed by atoms with Crippen molar-refractivity contribution in [3.63, 3.8) is 0 Å². The molecule has 152 valence electrons. The largest absolute Gasteiger partial charge is 0.302 e. The van der Waals surface area contributed by atoms with E-state index in [1.807, 2.05) is 7.05 Å². The third-order valence-corrected chi connectivity index (χ3v) is 6.06. The number of likely N-dealkylation sites (N-methyl/N-ethyl adjacent to an activating group) is 1. The van der Waals surface area contributed by atoms with Crippen LogP contribution in [-0.2, 0) is 7.05 Å². The number of fused-ring (bicyclic) bond motifs is 1. The number of aryl methyl sites for hydroxylation is 3. The Balaban J connectivity index is 0.00000280. The van der Waals surface area contributed by atoms with Crippen LogP contribution < -0.4 is 4.90 Å². The maximum atomic E-state index is 13.2. The third-order valence-electron chi connectivity index (χ3n) is 5.02. The van der Waals surface area contributed by atoms with Gasteiger partial charge in [0, 0.05) is 26.3 Å². The van der Waals surface area contributed by atoms with E-state index in [-0.39, 0.29) is 18.3 Å². The van der Waals surface area contributed by atoms with Gasteiger partial charge in [0.2, 0.25) is 0 Å². The van der Waals surface area contributed by atoms with Gasteiger partial charge >= 0.3 is 0 Å². The van der Waals surface area contributed by atoms with Crippen LogP contribution in [-0.4, -0.2) is 51.8 Å². The molecular formula is C20H28ClN5OS. The molecule has 28 heavy (non-hydrogen) atoms. The Morgan fingerprint density at radius 2 is 1.86 bits per heavy atom. The van der Waals surface area contributed by atoms with Crippen molar-refractivity contribution < 1.29 is 4.79 Å². The minimum atomic E-state index is -0.101. The molecule has 2 heterocycles. The second kappa shape index (κ2) is 9.49. The highest BCUT2D eigenvalue weighted by atomic mass is 35.5. The van der Waals surface area contributed by atoms with Crippen LogP contribution in [0.2, 0.25) is 0 Å². The summed E-state index contributed by atoms with van der Waals surface area (Å²) in [5.74, 6) is -0.101. The van der Waals surface area contributed by atoms with Crippen LogP contribution in [0.15, 0.2) is 24.4 Å². The Morgan fingerprint density at radius 3 is 2.46 bits per heavy atom. The first kappa shape index (κ1) is 22.3. The number of carbonyl (C=O) groups excluding carboxylic acids is 1. The van der Waals surface area contributed by atoms with Crippen LogP contribution >= 0.6 is 23.7 Å². The molecule has 1 aromatic carbocycles. The van der Waals surface area contributed by atoms with Crippen molar-refractivity contribution >= 4 is 45.0 Å². The summed E-state index contributed by atoms with van der Waals surface area (Å²) < 4.78 is 2.76. The molecule has 0 radical (unpaired) electrons. The molecule has 0 unspecified atom stereocenters. The van der Waals surface area contributed by atoms with Gasteiger partial charge in [0.25, 0.3) is 5.91 Å². The fourth-order valence-corrected chi connectivity index (χ4v) is 4.11. The van der Waals surface area contributed by atoms with E-state index in [0.717, 1.165) is 35.0 Å². The molecule has 0 spiro atoms. The molecule has 2 aromatic heterocycles. The Labute approximate surface area is 176 Å². The molecule has 0 saturated heterocycles. The number of thiazole rings is 1. The predicted molar refractivity (Wildman–Crippen MR) is 119 cm³/mol. The Hall–Kier alpha value is -1.96. The number of halogens is 1. The molecule has 3 rings (SSSR count). The van der Waals surface area contributed by atoms with Crippen molar-refractivity contribution in [3.05, 3.63) is 41.2 Å². The van der Waals surface area contributed by atoms with Gasteiger partial charge in [-0.1, -0.05) is 31.3 Å². The van der Waals surface area contributed by atoms with E-state index in [4.69, 9.17) is 4.98 Å². The van der Waals surface area contributed by atoms with Gasteiger partial charge in [0.15, 0.2) is 10.8 Å². The van der Waals surface area contributed by atoms with Gasteiger partial charge in [-0.15, -0.1) is 12.4 Å². The molecule has 1 amide bonds. The van der Waals surface area contributed by atoms with Crippen LogP contribution in [0.25, 0.3) is 10.2 Å². The third kappa shape index (κ3) is 4.54. The summed E-state index contributed by atoms with van der Waals surface area (Å²) >= 11 is 1.57. The van der Waals surface area contributed by atoms with E-state index in [1.165, 1.54) is 11.1 Å². The monoisotopic (exact) mass is 421 g/mol. The summed E-state index contributed by atoms with van der Waals surface area (Å²) in [6.07, 6.45) is 1.79. The Kier molecular flexibility index (Phi) is 7.57. The molecule has 0 aliphatic carbocycles. The number of hydrogen-bond acceptors (Lipinski definition) is 5. The lowest BCUT2D eigenvalue weighted by atomic mass is 10.1. The zero-order chi connectivity index (χ0) is 19.6. The average Bonchev–Trinajstić information content (AvgIpc) is 3.28. The molecular weight excluding hydrogens is 394 g/mol. The summed E-state index contributed by atoms with van der Waals surface area (Å²) in [7, 11) is 1.82.